The lowest BCUT2D eigenvalue weighted by molar-refractivity contribution is 0.352. The molecule has 17 heavy (non-hydrogen) atoms. The van der Waals surface area contributed by atoms with Gasteiger partial charge in [0.25, 0.3) is 0 Å². The number of nitrogens with zero attached hydrogens (tertiary/aromatic N) is 1. The van der Waals surface area contributed by atoms with Crippen molar-refractivity contribution in [3.05, 3.63) is 41.1 Å². The first-order valence-electron chi connectivity index (χ1n) is 5.72. The molecule has 0 aliphatic carbocycles. The van der Waals surface area contributed by atoms with Crippen LogP contribution in [0.3, 0.4) is 0 Å². The smallest absolute Gasteiger partial charge is 0.0884 e. The summed E-state index contributed by atoms with van der Waals surface area (Å²) in [5.41, 5.74) is 2.44. The van der Waals surface area contributed by atoms with Crippen molar-refractivity contribution in [2.45, 2.75) is 26.8 Å². The minimum absolute atomic E-state index is 0.126. The van der Waals surface area contributed by atoms with Crippen molar-refractivity contribution in [3.63, 3.8) is 0 Å². The van der Waals surface area contributed by atoms with Crippen LogP contribution in [-0.2, 0) is 0 Å². The van der Waals surface area contributed by atoms with Crippen LogP contribution in [0.4, 0.5) is 0 Å². The Bertz CT molecular complexity index is 469. The van der Waals surface area contributed by atoms with Crippen molar-refractivity contribution in [2.75, 3.05) is 0 Å². The second-order valence-corrected chi connectivity index (χ2v) is 5.78. The van der Waals surface area contributed by atoms with E-state index in [1.54, 1.807) is 6.34 Å². The molecule has 1 atom stereocenters. The van der Waals surface area contributed by atoms with Crippen LogP contribution in [0.1, 0.15) is 26.3 Å². The fourth-order valence-electron chi connectivity index (χ4n) is 2.03. The second kappa shape index (κ2) is 4.53. The predicted octanol–water partition coefficient (Wildman–Crippen LogP) is 3.73. The average molecular weight is 249 g/mol. The quantitative estimate of drug-likeness (QED) is 0.805. The van der Waals surface area contributed by atoms with Crippen LogP contribution < -0.4 is 5.32 Å². The van der Waals surface area contributed by atoms with Gasteiger partial charge in [0.1, 0.15) is 0 Å². The molecule has 1 heterocycles. The molecule has 1 aliphatic heterocycles. The van der Waals surface area contributed by atoms with Gasteiger partial charge in [0.05, 0.1) is 12.4 Å². The van der Waals surface area contributed by atoms with E-state index >= 15 is 0 Å². The van der Waals surface area contributed by atoms with Crippen molar-refractivity contribution in [1.29, 1.82) is 0 Å². The molecule has 1 aliphatic rings. The molecule has 0 fully saturated rings. The van der Waals surface area contributed by atoms with E-state index in [2.05, 4.69) is 37.1 Å². The van der Waals surface area contributed by atoms with Crippen LogP contribution in [0.15, 0.2) is 35.5 Å². The third-order valence-electron chi connectivity index (χ3n) is 2.86. The first-order chi connectivity index (χ1) is 7.98. The van der Waals surface area contributed by atoms with Gasteiger partial charge in [-0.15, -0.1) is 0 Å². The highest BCUT2D eigenvalue weighted by molar-refractivity contribution is 6.30. The zero-order valence-corrected chi connectivity index (χ0v) is 11.1. The Morgan fingerprint density at radius 1 is 1.29 bits per heavy atom. The van der Waals surface area contributed by atoms with Crippen LogP contribution >= 0.6 is 11.6 Å². The number of benzene rings is 1. The van der Waals surface area contributed by atoms with Gasteiger partial charge in [-0.25, -0.2) is 4.99 Å². The lowest BCUT2D eigenvalue weighted by atomic mass is 9.80. The van der Waals surface area contributed by atoms with Gasteiger partial charge in [-0.05, 0) is 23.1 Å². The fraction of sp³-hybridized carbons (Fsp3) is 0.357. The Morgan fingerprint density at radius 3 is 2.71 bits per heavy atom. The third-order valence-corrected chi connectivity index (χ3v) is 3.10. The number of nitrogens with one attached hydrogen (secondary N) is 1. The topological polar surface area (TPSA) is 24.4 Å². The number of rotatable bonds is 1. The highest BCUT2D eigenvalue weighted by Crippen LogP contribution is 2.32. The highest BCUT2D eigenvalue weighted by atomic mass is 35.5. The summed E-state index contributed by atoms with van der Waals surface area (Å²) in [5.74, 6) is 0. The molecule has 2 rings (SSSR count). The maximum absolute atomic E-state index is 6.04. The van der Waals surface area contributed by atoms with Crippen LogP contribution in [-0.4, -0.2) is 12.4 Å². The van der Waals surface area contributed by atoms with E-state index in [1.165, 1.54) is 5.57 Å². The van der Waals surface area contributed by atoms with Crippen molar-refractivity contribution in [2.24, 2.45) is 10.4 Å². The van der Waals surface area contributed by atoms with Crippen molar-refractivity contribution < 1.29 is 0 Å². The molecule has 1 N–H and O–H groups in total. The first kappa shape index (κ1) is 12.2. The van der Waals surface area contributed by atoms with Gasteiger partial charge in [-0.1, -0.05) is 44.5 Å². The monoisotopic (exact) mass is 248 g/mol. The molecule has 3 heteroatoms. The Labute approximate surface area is 107 Å². The predicted molar refractivity (Wildman–Crippen MR) is 74.3 cm³/mol. The van der Waals surface area contributed by atoms with E-state index in [-0.39, 0.29) is 11.5 Å². The molecule has 90 valence electrons. The molecule has 2 nitrogen and oxygen atoms in total. The zero-order chi connectivity index (χ0) is 12.5. The normalized spacial score (nSPS) is 19.8. The van der Waals surface area contributed by atoms with Gasteiger partial charge in [0.15, 0.2) is 0 Å². The Balaban J connectivity index is 2.41. The molecule has 0 saturated carbocycles. The van der Waals surface area contributed by atoms with Crippen molar-refractivity contribution in [1.82, 2.24) is 5.32 Å². The van der Waals surface area contributed by atoms with Gasteiger partial charge in [0, 0.05) is 16.8 Å². The molecular weight excluding hydrogens is 232 g/mol. The van der Waals surface area contributed by atoms with E-state index in [1.807, 2.05) is 24.4 Å². The maximum atomic E-state index is 6.04. The van der Waals surface area contributed by atoms with Crippen molar-refractivity contribution in [3.8, 4) is 0 Å². The third kappa shape index (κ3) is 2.70. The number of hydrogen-bond donors (Lipinski definition) is 1. The molecule has 0 bridgehead atoms. The zero-order valence-electron chi connectivity index (χ0n) is 10.4. The van der Waals surface area contributed by atoms with E-state index in [4.69, 9.17) is 11.6 Å². The van der Waals surface area contributed by atoms with Gasteiger partial charge in [-0.2, -0.15) is 0 Å². The lowest BCUT2D eigenvalue weighted by Gasteiger charge is -2.34. The standard InChI is InChI=1S/C14H17ClN2/c1-14(2,3)13-12(8-16-9-17-13)10-5-4-6-11(15)7-10/h4-9,13H,1-3H3,(H,16,17). The van der Waals surface area contributed by atoms with Gasteiger partial charge >= 0.3 is 0 Å². The summed E-state index contributed by atoms with van der Waals surface area (Å²) in [7, 11) is 0. The van der Waals surface area contributed by atoms with Crippen LogP contribution in [0, 0.1) is 5.41 Å². The summed E-state index contributed by atoms with van der Waals surface area (Å²) in [4.78, 5) is 4.19. The van der Waals surface area contributed by atoms with Gasteiger partial charge < -0.3 is 5.32 Å². The molecule has 0 aromatic heterocycles. The Kier molecular flexibility index (Phi) is 3.25. The summed E-state index contributed by atoms with van der Waals surface area (Å²) in [6.07, 6.45) is 3.67. The number of aliphatic imine (C=N–C) groups is 1. The molecule has 1 unspecified atom stereocenters. The maximum Gasteiger partial charge on any atom is 0.0884 e. The van der Waals surface area contributed by atoms with Crippen LogP contribution in [0.5, 0.6) is 0 Å². The van der Waals surface area contributed by atoms with Crippen LogP contribution in [0.2, 0.25) is 5.02 Å². The minimum atomic E-state index is 0.126. The molecule has 0 spiro atoms. The number of halogens is 1. The number of hydrogen-bond acceptors (Lipinski definition) is 2. The summed E-state index contributed by atoms with van der Waals surface area (Å²) >= 11 is 6.04. The van der Waals surface area contributed by atoms with E-state index in [0.29, 0.717) is 0 Å². The van der Waals surface area contributed by atoms with E-state index in [9.17, 15) is 0 Å². The summed E-state index contributed by atoms with van der Waals surface area (Å²) in [6.45, 7) is 6.63. The van der Waals surface area contributed by atoms with Gasteiger partial charge in [-0.3, -0.25) is 0 Å². The van der Waals surface area contributed by atoms with E-state index < -0.39 is 0 Å². The Morgan fingerprint density at radius 2 is 2.06 bits per heavy atom. The molecule has 1 aromatic rings. The molecule has 0 radical (unpaired) electrons. The molecule has 0 amide bonds. The SMILES string of the molecule is CC(C)(C)C1NC=NC=C1c1cccc(Cl)c1. The molecular formula is C14H17ClN2. The largest absolute Gasteiger partial charge is 0.369 e. The van der Waals surface area contributed by atoms with Crippen molar-refractivity contribution >= 4 is 23.5 Å². The average Bonchev–Trinajstić information content (AvgIpc) is 2.28. The summed E-state index contributed by atoms with van der Waals surface area (Å²) < 4.78 is 0. The van der Waals surface area contributed by atoms with Crippen LogP contribution in [0.25, 0.3) is 5.57 Å². The first-order valence-corrected chi connectivity index (χ1v) is 6.10. The second-order valence-electron chi connectivity index (χ2n) is 5.34. The molecule has 0 saturated heterocycles. The van der Waals surface area contributed by atoms with E-state index in [0.717, 1.165) is 10.6 Å². The highest BCUT2D eigenvalue weighted by Gasteiger charge is 2.29. The summed E-state index contributed by atoms with van der Waals surface area (Å²) in [6, 6.07) is 8.15. The van der Waals surface area contributed by atoms with Gasteiger partial charge in [0.2, 0.25) is 0 Å². The molecule has 1 aromatic carbocycles. The minimum Gasteiger partial charge on any atom is -0.369 e. The lowest BCUT2D eigenvalue weighted by Crippen LogP contribution is -2.41. The fourth-order valence-corrected chi connectivity index (χ4v) is 2.22. The summed E-state index contributed by atoms with van der Waals surface area (Å²) in [5, 5.41) is 4.08. The Hall–Kier alpha value is -1.28.